The third-order valence-corrected chi connectivity index (χ3v) is 6.08. The van der Waals surface area contributed by atoms with Gasteiger partial charge >= 0.3 is 0 Å². The maximum absolute atomic E-state index is 14.7. The van der Waals surface area contributed by atoms with Crippen LogP contribution in [-0.4, -0.2) is 43.2 Å². The summed E-state index contributed by atoms with van der Waals surface area (Å²) < 4.78 is 29.5. The first-order valence-corrected chi connectivity index (χ1v) is 11.3. The van der Waals surface area contributed by atoms with Gasteiger partial charge in [0.15, 0.2) is 11.6 Å². The van der Waals surface area contributed by atoms with Gasteiger partial charge in [-0.2, -0.15) is 10.2 Å². The second-order valence-electron chi connectivity index (χ2n) is 8.26. The highest BCUT2D eigenvalue weighted by Gasteiger charge is 2.26. The average Bonchev–Trinajstić information content (AvgIpc) is 3.59. The SMILES string of the molecule is CCOC1CCC(n2cc(-n3cc(-c4ccc(C(N)=O)o4)cn3)c(-c3ncccc3F)n2)CC1. The lowest BCUT2D eigenvalue weighted by atomic mass is 9.93. The highest BCUT2D eigenvalue weighted by atomic mass is 19.1. The highest BCUT2D eigenvalue weighted by molar-refractivity contribution is 5.90. The number of amides is 1. The minimum Gasteiger partial charge on any atom is -0.451 e. The highest BCUT2D eigenvalue weighted by Crippen LogP contribution is 2.34. The number of nitrogens with zero attached hydrogens (tertiary/aromatic N) is 5. The maximum Gasteiger partial charge on any atom is 0.284 e. The minimum atomic E-state index is -0.646. The molecule has 0 saturated heterocycles. The first kappa shape index (κ1) is 22.0. The van der Waals surface area contributed by atoms with Crippen LogP contribution in [0.3, 0.4) is 0 Å². The van der Waals surface area contributed by atoms with E-state index in [0.717, 1.165) is 25.7 Å². The normalized spacial score (nSPS) is 18.3. The molecule has 2 N–H and O–H groups in total. The van der Waals surface area contributed by atoms with Crippen LogP contribution < -0.4 is 5.73 Å². The van der Waals surface area contributed by atoms with Crippen LogP contribution in [0.15, 0.2) is 53.5 Å². The number of ether oxygens (including phenoxy) is 1. The Kier molecular flexibility index (Phi) is 5.97. The first-order valence-electron chi connectivity index (χ1n) is 11.3. The molecule has 0 radical (unpaired) electrons. The molecule has 176 valence electrons. The number of aromatic nitrogens is 5. The van der Waals surface area contributed by atoms with Crippen LogP contribution in [0.4, 0.5) is 4.39 Å². The van der Waals surface area contributed by atoms with Crippen molar-refractivity contribution in [3.63, 3.8) is 0 Å². The van der Waals surface area contributed by atoms with E-state index in [1.165, 1.54) is 18.3 Å². The minimum absolute atomic E-state index is 0.0643. The third-order valence-electron chi connectivity index (χ3n) is 6.08. The zero-order chi connectivity index (χ0) is 23.7. The van der Waals surface area contributed by atoms with Gasteiger partial charge in [-0.3, -0.25) is 14.5 Å². The fraction of sp³-hybridized carbons (Fsp3) is 0.333. The number of nitrogens with two attached hydrogens (primary N) is 1. The molecule has 1 amide bonds. The lowest BCUT2D eigenvalue weighted by molar-refractivity contribution is 0.0260. The molecule has 1 fully saturated rings. The van der Waals surface area contributed by atoms with Crippen molar-refractivity contribution in [1.29, 1.82) is 0 Å². The van der Waals surface area contributed by atoms with Gasteiger partial charge in [-0.05, 0) is 56.9 Å². The number of rotatable bonds is 7. The third kappa shape index (κ3) is 4.24. The van der Waals surface area contributed by atoms with Crippen LogP contribution in [0, 0.1) is 5.82 Å². The molecule has 1 aliphatic carbocycles. The van der Waals surface area contributed by atoms with E-state index in [-0.39, 0.29) is 23.6 Å². The van der Waals surface area contributed by atoms with Crippen molar-refractivity contribution >= 4 is 5.91 Å². The number of hydrogen-bond donors (Lipinski definition) is 1. The first-order chi connectivity index (χ1) is 16.5. The van der Waals surface area contributed by atoms with E-state index in [1.54, 1.807) is 29.2 Å². The number of pyridine rings is 1. The molecule has 1 aliphatic rings. The summed E-state index contributed by atoms with van der Waals surface area (Å²) >= 11 is 0. The van der Waals surface area contributed by atoms with Crippen molar-refractivity contribution in [3.8, 4) is 28.4 Å². The zero-order valence-corrected chi connectivity index (χ0v) is 18.7. The topological polar surface area (TPSA) is 114 Å². The molecule has 9 nitrogen and oxygen atoms in total. The molecular formula is C24H25FN6O3. The van der Waals surface area contributed by atoms with Gasteiger partial charge in [0.25, 0.3) is 5.91 Å². The van der Waals surface area contributed by atoms with Crippen molar-refractivity contribution in [1.82, 2.24) is 24.5 Å². The van der Waals surface area contributed by atoms with E-state index in [4.69, 9.17) is 20.0 Å². The average molecular weight is 465 g/mol. The maximum atomic E-state index is 14.7. The Morgan fingerprint density at radius 1 is 1.21 bits per heavy atom. The monoisotopic (exact) mass is 464 g/mol. The molecule has 5 rings (SSSR count). The molecule has 0 aliphatic heterocycles. The molecule has 0 atom stereocenters. The van der Waals surface area contributed by atoms with Crippen molar-refractivity contribution in [3.05, 3.63) is 60.6 Å². The summed E-state index contributed by atoms with van der Waals surface area (Å²) in [7, 11) is 0. The smallest absolute Gasteiger partial charge is 0.284 e. The fourth-order valence-electron chi connectivity index (χ4n) is 4.38. The van der Waals surface area contributed by atoms with Crippen LogP contribution in [0.1, 0.15) is 49.2 Å². The Labute approximate surface area is 195 Å². The van der Waals surface area contributed by atoms with E-state index in [1.807, 2.05) is 17.8 Å². The molecule has 4 aromatic heterocycles. The van der Waals surface area contributed by atoms with Crippen LogP contribution in [0.5, 0.6) is 0 Å². The van der Waals surface area contributed by atoms with E-state index in [0.29, 0.717) is 29.3 Å². The Balaban J connectivity index is 1.50. The summed E-state index contributed by atoms with van der Waals surface area (Å²) in [6.45, 7) is 2.72. The predicted octanol–water partition coefficient (Wildman–Crippen LogP) is 4.15. The van der Waals surface area contributed by atoms with Gasteiger partial charge < -0.3 is 14.9 Å². The van der Waals surface area contributed by atoms with E-state index < -0.39 is 11.7 Å². The predicted molar refractivity (Wildman–Crippen MR) is 122 cm³/mol. The number of carbonyl (C=O) groups excluding carboxylic acids is 1. The van der Waals surface area contributed by atoms with Crippen molar-refractivity contribution in [2.75, 3.05) is 6.61 Å². The summed E-state index contributed by atoms with van der Waals surface area (Å²) in [6.07, 6.45) is 10.8. The summed E-state index contributed by atoms with van der Waals surface area (Å²) in [6, 6.07) is 6.25. The molecule has 10 heteroatoms. The van der Waals surface area contributed by atoms with Crippen molar-refractivity contribution < 1.29 is 18.3 Å². The van der Waals surface area contributed by atoms with Crippen molar-refractivity contribution in [2.24, 2.45) is 5.73 Å². The molecule has 4 heterocycles. The van der Waals surface area contributed by atoms with E-state index >= 15 is 0 Å². The van der Waals surface area contributed by atoms with Gasteiger partial charge in [0.2, 0.25) is 0 Å². The van der Waals surface area contributed by atoms with Crippen LogP contribution in [-0.2, 0) is 4.74 Å². The van der Waals surface area contributed by atoms with Gasteiger partial charge in [-0.15, -0.1) is 0 Å². The van der Waals surface area contributed by atoms with Crippen LogP contribution in [0.2, 0.25) is 0 Å². The van der Waals surface area contributed by atoms with E-state index in [9.17, 15) is 9.18 Å². The molecule has 0 unspecified atom stereocenters. The molecule has 4 aromatic rings. The summed E-state index contributed by atoms with van der Waals surface area (Å²) in [5.41, 5.74) is 7.08. The largest absolute Gasteiger partial charge is 0.451 e. The standard InChI is InChI=1S/C24H25FN6O3/c1-2-33-17-7-5-16(6-8-17)30-14-19(23(29-30)22-18(25)4-3-11-27-22)31-13-15(12-28-31)20-9-10-21(34-20)24(26)32/h3-4,9-14,16-17H,2,5-8H2,1H3,(H2,26,32). The molecule has 34 heavy (non-hydrogen) atoms. The summed E-state index contributed by atoms with van der Waals surface area (Å²) in [5, 5.41) is 9.19. The van der Waals surface area contributed by atoms with Gasteiger partial charge in [0.1, 0.15) is 22.8 Å². The Morgan fingerprint density at radius 3 is 2.74 bits per heavy atom. The fourth-order valence-corrected chi connectivity index (χ4v) is 4.38. The Morgan fingerprint density at radius 2 is 2.03 bits per heavy atom. The van der Waals surface area contributed by atoms with Crippen molar-refractivity contribution in [2.45, 2.75) is 44.8 Å². The van der Waals surface area contributed by atoms with Crippen LogP contribution >= 0.6 is 0 Å². The number of hydrogen-bond acceptors (Lipinski definition) is 6. The zero-order valence-electron chi connectivity index (χ0n) is 18.7. The lowest BCUT2D eigenvalue weighted by Crippen LogP contribution is -2.24. The Hall–Kier alpha value is -3.79. The van der Waals surface area contributed by atoms with Crippen LogP contribution in [0.25, 0.3) is 28.4 Å². The van der Waals surface area contributed by atoms with Gasteiger partial charge in [-0.1, -0.05) is 0 Å². The second-order valence-corrected chi connectivity index (χ2v) is 8.26. The second kappa shape index (κ2) is 9.22. The van der Waals surface area contributed by atoms with Gasteiger partial charge in [-0.25, -0.2) is 9.07 Å². The summed E-state index contributed by atoms with van der Waals surface area (Å²) in [5.74, 6) is -0.591. The molecule has 0 spiro atoms. The number of primary amides is 1. The number of carbonyl (C=O) groups is 1. The van der Waals surface area contributed by atoms with Gasteiger partial charge in [0.05, 0.1) is 30.1 Å². The van der Waals surface area contributed by atoms with Gasteiger partial charge in [0, 0.05) is 19.0 Å². The summed E-state index contributed by atoms with van der Waals surface area (Å²) in [4.78, 5) is 15.6. The quantitative estimate of drug-likeness (QED) is 0.440. The molecule has 0 aromatic carbocycles. The van der Waals surface area contributed by atoms with E-state index in [2.05, 4.69) is 10.1 Å². The molecule has 0 bridgehead atoms. The number of furan rings is 1. The number of halogens is 1. The molecule has 1 saturated carbocycles. The Bertz CT molecular complexity index is 1300. The molecular weight excluding hydrogens is 439 g/mol. The lowest BCUT2D eigenvalue weighted by Gasteiger charge is -2.28.